The molecule has 1 aliphatic rings. The smallest absolute Gasteiger partial charge is 0.330 e. The highest BCUT2D eigenvalue weighted by Crippen LogP contribution is 2.29. The molecule has 1 aliphatic heterocycles. The predicted molar refractivity (Wildman–Crippen MR) is 215 cm³/mol. The minimum Gasteiger partial charge on any atom is -0.469 e. The molecule has 22 heteroatoms. The molecule has 1 fully saturated rings. The van der Waals surface area contributed by atoms with Gasteiger partial charge in [0, 0.05) is 24.3 Å². The number of methoxy groups -OCH3 is 6. The van der Waals surface area contributed by atoms with E-state index in [0.717, 1.165) is 24.3 Å². The van der Waals surface area contributed by atoms with Gasteiger partial charge in [-0.2, -0.15) is 13.5 Å². The molecule has 0 aromatic rings. The molecule has 334 valence electrons. The fraction of sp³-hybridized carbons (Fsp3) is 0.500. The van der Waals surface area contributed by atoms with Crippen LogP contribution >= 0.6 is 36.7 Å². The monoisotopic (exact) mass is 894 g/mol. The first-order valence-electron chi connectivity index (χ1n) is 16.0. The van der Waals surface area contributed by atoms with Crippen LogP contribution in [0.1, 0.15) is 26.7 Å². The van der Waals surface area contributed by atoms with Gasteiger partial charge in [-0.3, -0.25) is 9.59 Å². The number of hydrogen-bond donors (Lipinski definition) is 4. The van der Waals surface area contributed by atoms with Gasteiger partial charge in [0.05, 0.1) is 60.8 Å². The van der Waals surface area contributed by atoms with Gasteiger partial charge in [-0.05, 0) is 38.2 Å². The number of carbonyl (C=O) groups excluding carboxylic acids is 6. The van der Waals surface area contributed by atoms with E-state index >= 15 is 0 Å². The van der Waals surface area contributed by atoms with Crippen LogP contribution in [0, 0.1) is 0 Å². The van der Waals surface area contributed by atoms with E-state index < -0.39 is 78.2 Å². The molecule has 1 rings (SSSR count). The van der Waals surface area contributed by atoms with Crippen molar-refractivity contribution in [2.75, 3.05) is 48.0 Å². The number of carbonyl (C=O) groups is 6. The standard InChI is InChI=1S/C13H18O6.C12H18O6.C10H14O6.CH2Cl2.H2O.H2S/c1-13(2)18-9(5-7-11(14)16-3)10(19-13)6-8-12(15)17-4;1-17-11(15)7-3-5-9(13)10(14)6-4-8-12(16)18-2;1-15-9(13)5-3-7(11)8(12)4-6-10(14)16-2;2-1-3;;/h5-10H,1-4H3;3-6,9-10,13-14H,7-8H2,1-2H3;3-8,11-12H,1-2H3;1H2;2*1H2/b7-5+,8-6+;2*5-3+,6-4+;;;/t2*9-,10-;7-,8-;;;/m111.../s1. The van der Waals surface area contributed by atoms with Gasteiger partial charge in [0.1, 0.15) is 36.6 Å². The van der Waals surface area contributed by atoms with Crippen LogP contribution in [0.15, 0.2) is 72.9 Å². The maximum atomic E-state index is 11.1. The van der Waals surface area contributed by atoms with E-state index in [-0.39, 0.29) is 37.2 Å². The third kappa shape index (κ3) is 35.1. The summed E-state index contributed by atoms with van der Waals surface area (Å²) in [5.41, 5.74) is 0. The Morgan fingerprint density at radius 2 is 0.810 bits per heavy atom. The molecule has 6 N–H and O–H groups in total. The van der Waals surface area contributed by atoms with Crippen LogP contribution in [-0.4, -0.2) is 152 Å². The predicted octanol–water partition coefficient (Wildman–Crippen LogP) is 0.788. The number of alkyl halides is 2. The maximum Gasteiger partial charge on any atom is 0.330 e. The van der Waals surface area contributed by atoms with Gasteiger partial charge in [0.25, 0.3) is 0 Å². The zero-order valence-corrected chi connectivity index (χ0v) is 35.8. The Morgan fingerprint density at radius 1 is 0.552 bits per heavy atom. The molecule has 0 aromatic carbocycles. The van der Waals surface area contributed by atoms with E-state index in [0.29, 0.717) is 0 Å². The molecule has 0 radical (unpaired) electrons. The fourth-order valence-electron chi connectivity index (χ4n) is 3.32. The third-order valence-corrected chi connectivity index (χ3v) is 6.06. The molecule has 0 amide bonds. The maximum absolute atomic E-state index is 11.1. The molecule has 0 saturated carbocycles. The van der Waals surface area contributed by atoms with E-state index in [4.69, 9.17) is 32.7 Å². The lowest BCUT2D eigenvalue weighted by atomic mass is 10.1. The van der Waals surface area contributed by atoms with Crippen molar-refractivity contribution >= 4 is 72.5 Å². The van der Waals surface area contributed by atoms with Crippen LogP contribution in [0.4, 0.5) is 0 Å². The highest BCUT2D eigenvalue weighted by Gasteiger charge is 2.38. The van der Waals surface area contributed by atoms with Gasteiger partial charge in [-0.15, -0.1) is 23.2 Å². The Bertz CT molecular complexity index is 1270. The van der Waals surface area contributed by atoms with Crippen molar-refractivity contribution in [3.05, 3.63) is 72.9 Å². The van der Waals surface area contributed by atoms with E-state index in [9.17, 15) is 49.2 Å². The summed E-state index contributed by atoms with van der Waals surface area (Å²) < 4.78 is 37.6. The van der Waals surface area contributed by atoms with Gasteiger partial charge in [-0.1, -0.05) is 24.3 Å². The fourth-order valence-corrected chi connectivity index (χ4v) is 3.32. The van der Waals surface area contributed by atoms with Crippen molar-refractivity contribution in [3.63, 3.8) is 0 Å². The largest absolute Gasteiger partial charge is 0.469 e. The lowest BCUT2D eigenvalue weighted by Crippen LogP contribution is -2.22. The molecule has 0 aliphatic carbocycles. The van der Waals surface area contributed by atoms with Crippen LogP contribution < -0.4 is 0 Å². The number of esters is 6. The number of ether oxygens (including phenoxy) is 8. The normalized spacial score (nSPS) is 17.5. The summed E-state index contributed by atoms with van der Waals surface area (Å²) in [5.74, 6) is -3.93. The molecular formula is C36H56Cl2O19S. The van der Waals surface area contributed by atoms with Gasteiger partial charge >= 0.3 is 35.8 Å². The Labute approximate surface area is 354 Å². The highest BCUT2D eigenvalue weighted by atomic mass is 35.5. The molecule has 19 nitrogen and oxygen atoms in total. The molecule has 0 bridgehead atoms. The lowest BCUT2D eigenvalue weighted by molar-refractivity contribution is -0.140. The number of hydrogen-bond acceptors (Lipinski definition) is 18. The average Bonchev–Trinajstić information content (AvgIpc) is 3.49. The van der Waals surface area contributed by atoms with Crippen LogP contribution in [0.5, 0.6) is 0 Å². The first kappa shape index (κ1) is 63.1. The Hall–Kier alpha value is -4.09. The SMILES string of the molecule is COC(=O)/C=C/[C@@H](O)[C@H](O)/C=C/C(=O)OC.COC(=O)/C=C/[C@H]1OC(C)(C)O[C@@H]1/C=C/C(=O)OC.COC(=O)C/C=C/[C@@H](O)[C@H](O)/C=C/CC(=O)OC.ClCCl.O.S. The Kier molecular flexibility index (Phi) is 41.8. The minimum atomic E-state index is -1.31. The van der Waals surface area contributed by atoms with Gasteiger partial charge in [0.2, 0.25) is 0 Å². The Balaban J connectivity index is -0.000000231. The first-order chi connectivity index (χ1) is 26.3. The van der Waals surface area contributed by atoms with Crippen LogP contribution in [0.2, 0.25) is 0 Å². The first-order valence-corrected chi connectivity index (χ1v) is 17.1. The van der Waals surface area contributed by atoms with Crippen molar-refractivity contribution in [1.29, 1.82) is 0 Å². The lowest BCUT2D eigenvalue weighted by Gasteiger charge is -2.15. The van der Waals surface area contributed by atoms with E-state index in [1.807, 2.05) is 0 Å². The summed E-state index contributed by atoms with van der Waals surface area (Å²) in [6.45, 7) is 3.50. The molecule has 1 saturated heterocycles. The van der Waals surface area contributed by atoms with E-state index in [1.165, 1.54) is 91.3 Å². The van der Waals surface area contributed by atoms with Gasteiger partial charge < -0.3 is 63.8 Å². The van der Waals surface area contributed by atoms with Crippen molar-refractivity contribution in [3.8, 4) is 0 Å². The second-order valence-corrected chi connectivity index (χ2v) is 11.4. The quantitative estimate of drug-likeness (QED) is 0.0548. The zero-order valence-electron chi connectivity index (χ0n) is 33.3. The highest BCUT2D eigenvalue weighted by molar-refractivity contribution is 7.59. The molecule has 0 spiro atoms. The van der Waals surface area contributed by atoms with Crippen molar-refractivity contribution < 1.29 is 92.6 Å². The van der Waals surface area contributed by atoms with Crippen molar-refractivity contribution in [2.45, 2.75) is 69.1 Å². The molecular weight excluding hydrogens is 839 g/mol. The second kappa shape index (κ2) is 38.4. The average molecular weight is 896 g/mol. The molecule has 0 aromatic heterocycles. The van der Waals surface area contributed by atoms with E-state index in [1.54, 1.807) is 13.8 Å². The zero-order chi connectivity index (χ0) is 43.7. The van der Waals surface area contributed by atoms with Gasteiger partial charge in [-0.25, -0.2) is 19.2 Å². The van der Waals surface area contributed by atoms with Crippen LogP contribution in [-0.2, 0) is 66.7 Å². The third-order valence-electron chi connectivity index (χ3n) is 6.06. The summed E-state index contributed by atoms with van der Waals surface area (Å²) >= 11 is 9.53. The molecule has 58 heavy (non-hydrogen) atoms. The molecule has 1 heterocycles. The summed E-state index contributed by atoms with van der Waals surface area (Å²) in [7, 11) is 7.47. The van der Waals surface area contributed by atoms with Crippen LogP contribution in [0.25, 0.3) is 0 Å². The number of aliphatic hydroxyl groups is 4. The Morgan fingerprint density at radius 3 is 1.07 bits per heavy atom. The summed E-state index contributed by atoms with van der Waals surface area (Å²) in [5, 5.41) is 37.7. The number of aliphatic hydroxyl groups excluding tert-OH is 4. The van der Waals surface area contributed by atoms with E-state index in [2.05, 4.69) is 28.4 Å². The molecule has 0 unspecified atom stereocenters. The molecule has 6 atom stereocenters. The minimum absolute atomic E-state index is 0. The summed E-state index contributed by atoms with van der Waals surface area (Å²) in [4.78, 5) is 64.9. The van der Waals surface area contributed by atoms with Crippen molar-refractivity contribution in [1.82, 2.24) is 0 Å². The topological polar surface area (TPSA) is 289 Å². The number of halogens is 2. The number of rotatable bonds is 16. The summed E-state index contributed by atoms with van der Waals surface area (Å²) in [6.07, 6.45) is 9.17. The van der Waals surface area contributed by atoms with Crippen molar-refractivity contribution in [2.24, 2.45) is 0 Å². The van der Waals surface area contributed by atoms with Gasteiger partial charge in [0.15, 0.2) is 5.79 Å². The van der Waals surface area contributed by atoms with Crippen LogP contribution in [0.3, 0.4) is 0 Å². The summed E-state index contributed by atoms with van der Waals surface area (Å²) in [6, 6.07) is 0. The second-order valence-electron chi connectivity index (χ2n) is 10.6.